The number of hydrogen-bond donors (Lipinski definition) is 2. The molecule has 1 heterocycles. The van der Waals surface area contributed by atoms with Crippen molar-refractivity contribution in [3.63, 3.8) is 0 Å². The third kappa shape index (κ3) is 3.75. The van der Waals surface area contributed by atoms with Gasteiger partial charge in [0.25, 0.3) is 5.91 Å². The van der Waals surface area contributed by atoms with Crippen molar-refractivity contribution in [2.45, 2.75) is 12.5 Å². The molecule has 0 aliphatic heterocycles. The lowest BCUT2D eigenvalue weighted by atomic mass is 10.2. The molecule has 1 unspecified atom stereocenters. The number of aliphatic hydroxyl groups is 1. The second-order valence-corrected chi connectivity index (χ2v) is 4.56. The molecule has 0 bridgehead atoms. The van der Waals surface area contributed by atoms with Crippen molar-refractivity contribution in [1.82, 2.24) is 5.32 Å². The summed E-state index contributed by atoms with van der Waals surface area (Å²) in [4.78, 5) is 12.3. The molecule has 1 atom stereocenters. The van der Waals surface area contributed by atoms with Crippen LogP contribution in [0.25, 0.3) is 0 Å². The molecule has 1 amide bonds. The monoisotopic (exact) mass is 263 g/mol. The minimum atomic E-state index is -0.226. The molecule has 16 heavy (non-hydrogen) atoms. The van der Waals surface area contributed by atoms with Gasteiger partial charge in [0, 0.05) is 13.7 Å². The summed E-state index contributed by atoms with van der Waals surface area (Å²) in [7, 11) is 1.55. The quantitative estimate of drug-likeness (QED) is 0.818. The van der Waals surface area contributed by atoms with E-state index in [1.54, 1.807) is 18.6 Å². The summed E-state index contributed by atoms with van der Waals surface area (Å²) in [6.07, 6.45) is 0.461. The predicted molar refractivity (Wildman–Crippen MR) is 64.2 cm³/mol. The number of ether oxygens (including phenoxy) is 1. The summed E-state index contributed by atoms with van der Waals surface area (Å²) >= 11 is 7.13. The van der Waals surface area contributed by atoms with Crippen molar-refractivity contribution in [3.05, 3.63) is 21.3 Å². The van der Waals surface area contributed by atoms with E-state index >= 15 is 0 Å². The van der Waals surface area contributed by atoms with Gasteiger partial charge in [0.2, 0.25) is 0 Å². The van der Waals surface area contributed by atoms with Gasteiger partial charge in [0.15, 0.2) is 0 Å². The predicted octanol–water partition coefficient (Wildman–Crippen LogP) is 1.53. The number of nitrogens with one attached hydrogen (secondary N) is 1. The van der Waals surface area contributed by atoms with Gasteiger partial charge in [-0.15, -0.1) is 11.3 Å². The largest absolute Gasteiger partial charge is 0.396 e. The standard InChI is InChI=1S/C10H14ClNO3S/c1-15-6-7(2-4-13)12-10(14)9-8(11)3-5-16-9/h3,5,7,13H,2,4,6H2,1H3,(H,12,14). The third-order valence-electron chi connectivity index (χ3n) is 2.00. The van der Waals surface area contributed by atoms with Crippen LogP contribution >= 0.6 is 22.9 Å². The first kappa shape index (κ1) is 13.4. The van der Waals surface area contributed by atoms with Crippen LogP contribution in [-0.2, 0) is 4.74 Å². The van der Waals surface area contributed by atoms with Crippen LogP contribution in [0.3, 0.4) is 0 Å². The molecule has 0 saturated carbocycles. The lowest BCUT2D eigenvalue weighted by Gasteiger charge is -2.16. The number of thiophene rings is 1. The van der Waals surface area contributed by atoms with Gasteiger partial charge in [-0.3, -0.25) is 4.79 Å². The maximum atomic E-state index is 11.8. The van der Waals surface area contributed by atoms with Gasteiger partial charge in [-0.25, -0.2) is 0 Å². The van der Waals surface area contributed by atoms with Gasteiger partial charge in [-0.05, 0) is 17.9 Å². The van der Waals surface area contributed by atoms with Crippen LogP contribution in [0.4, 0.5) is 0 Å². The van der Waals surface area contributed by atoms with E-state index in [2.05, 4.69) is 5.32 Å². The summed E-state index contributed by atoms with van der Waals surface area (Å²) in [5.74, 6) is -0.226. The Morgan fingerprint density at radius 3 is 3.00 bits per heavy atom. The van der Waals surface area contributed by atoms with Crippen molar-refractivity contribution < 1.29 is 14.6 Å². The topological polar surface area (TPSA) is 58.6 Å². The van der Waals surface area contributed by atoms with Crippen LogP contribution in [0, 0.1) is 0 Å². The summed E-state index contributed by atoms with van der Waals surface area (Å²) in [5.41, 5.74) is 0. The molecule has 0 aliphatic rings. The van der Waals surface area contributed by atoms with Crippen molar-refractivity contribution in [2.75, 3.05) is 20.3 Å². The second kappa shape index (κ2) is 6.85. The maximum absolute atomic E-state index is 11.8. The van der Waals surface area contributed by atoms with Crippen LogP contribution < -0.4 is 5.32 Å². The summed E-state index contributed by atoms with van der Waals surface area (Å²) in [6.45, 7) is 0.377. The zero-order valence-corrected chi connectivity index (χ0v) is 10.5. The number of carbonyl (C=O) groups is 1. The number of methoxy groups -OCH3 is 1. The molecular formula is C10H14ClNO3S. The smallest absolute Gasteiger partial charge is 0.263 e. The van der Waals surface area contributed by atoms with E-state index in [0.717, 1.165) is 0 Å². The maximum Gasteiger partial charge on any atom is 0.263 e. The van der Waals surface area contributed by atoms with Gasteiger partial charge < -0.3 is 15.2 Å². The molecular weight excluding hydrogens is 250 g/mol. The Bertz CT molecular complexity index is 337. The zero-order valence-electron chi connectivity index (χ0n) is 8.90. The highest BCUT2D eigenvalue weighted by Gasteiger charge is 2.16. The Kier molecular flexibility index (Phi) is 5.76. The zero-order chi connectivity index (χ0) is 12.0. The molecule has 0 aromatic carbocycles. The van der Waals surface area contributed by atoms with E-state index < -0.39 is 0 Å². The minimum absolute atomic E-state index is 0.00643. The summed E-state index contributed by atoms with van der Waals surface area (Å²) in [6, 6.07) is 1.49. The summed E-state index contributed by atoms with van der Waals surface area (Å²) in [5, 5.41) is 13.8. The van der Waals surface area contributed by atoms with Gasteiger partial charge in [-0.1, -0.05) is 11.6 Å². The van der Waals surface area contributed by atoms with Crippen molar-refractivity contribution in [3.8, 4) is 0 Å². The number of rotatable bonds is 6. The Morgan fingerprint density at radius 1 is 1.75 bits per heavy atom. The Morgan fingerprint density at radius 2 is 2.50 bits per heavy atom. The van der Waals surface area contributed by atoms with E-state index in [1.807, 2.05) is 0 Å². The van der Waals surface area contributed by atoms with E-state index in [9.17, 15) is 4.79 Å². The number of halogens is 1. The Labute approximate surface area is 103 Å². The number of amides is 1. The average molecular weight is 264 g/mol. The van der Waals surface area contributed by atoms with Crippen molar-refractivity contribution in [1.29, 1.82) is 0 Å². The molecule has 1 rings (SSSR count). The molecule has 0 radical (unpaired) electrons. The van der Waals surface area contributed by atoms with Gasteiger partial charge in [0.1, 0.15) is 4.88 Å². The fourth-order valence-electron chi connectivity index (χ4n) is 1.26. The minimum Gasteiger partial charge on any atom is -0.396 e. The average Bonchev–Trinajstić information content (AvgIpc) is 2.65. The van der Waals surface area contributed by atoms with Crippen LogP contribution in [0.2, 0.25) is 5.02 Å². The van der Waals surface area contributed by atoms with Crippen molar-refractivity contribution in [2.24, 2.45) is 0 Å². The molecule has 6 heteroatoms. The van der Waals surface area contributed by atoms with Gasteiger partial charge in [0.05, 0.1) is 17.7 Å². The van der Waals surface area contributed by atoms with Crippen LogP contribution in [0.15, 0.2) is 11.4 Å². The number of carbonyl (C=O) groups excluding carboxylic acids is 1. The van der Waals surface area contributed by atoms with E-state index in [1.165, 1.54) is 11.3 Å². The second-order valence-electron chi connectivity index (χ2n) is 3.24. The molecule has 4 nitrogen and oxygen atoms in total. The lowest BCUT2D eigenvalue weighted by Crippen LogP contribution is -2.38. The first-order valence-corrected chi connectivity index (χ1v) is 6.08. The SMILES string of the molecule is COCC(CCO)NC(=O)c1sccc1Cl. The third-order valence-corrected chi connectivity index (χ3v) is 3.34. The van der Waals surface area contributed by atoms with E-state index in [0.29, 0.717) is 22.9 Å². The molecule has 1 aromatic rings. The fraction of sp³-hybridized carbons (Fsp3) is 0.500. The first-order valence-electron chi connectivity index (χ1n) is 4.82. The molecule has 2 N–H and O–H groups in total. The Balaban J connectivity index is 2.58. The molecule has 0 fully saturated rings. The molecule has 0 aliphatic carbocycles. The lowest BCUT2D eigenvalue weighted by molar-refractivity contribution is 0.0883. The highest BCUT2D eigenvalue weighted by atomic mass is 35.5. The normalized spacial score (nSPS) is 12.4. The molecule has 0 spiro atoms. The van der Waals surface area contributed by atoms with E-state index in [-0.39, 0.29) is 18.6 Å². The van der Waals surface area contributed by atoms with Crippen LogP contribution in [0.5, 0.6) is 0 Å². The molecule has 0 saturated heterocycles. The van der Waals surface area contributed by atoms with Crippen LogP contribution in [-0.4, -0.2) is 37.4 Å². The molecule has 1 aromatic heterocycles. The van der Waals surface area contributed by atoms with Crippen molar-refractivity contribution >= 4 is 28.8 Å². The molecule has 90 valence electrons. The van der Waals surface area contributed by atoms with Gasteiger partial charge in [-0.2, -0.15) is 0 Å². The number of aliphatic hydroxyl groups excluding tert-OH is 1. The Hall–Kier alpha value is -0.620. The van der Waals surface area contributed by atoms with E-state index in [4.69, 9.17) is 21.4 Å². The summed E-state index contributed by atoms with van der Waals surface area (Å²) < 4.78 is 4.95. The van der Waals surface area contributed by atoms with Gasteiger partial charge >= 0.3 is 0 Å². The first-order chi connectivity index (χ1) is 7.69. The number of hydrogen-bond acceptors (Lipinski definition) is 4. The fourth-order valence-corrected chi connectivity index (χ4v) is 2.30. The van der Waals surface area contributed by atoms with Crippen LogP contribution in [0.1, 0.15) is 16.1 Å². The highest BCUT2D eigenvalue weighted by molar-refractivity contribution is 7.12. The highest BCUT2D eigenvalue weighted by Crippen LogP contribution is 2.21.